The molecule has 0 aromatic carbocycles. The van der Waals surface area contributed by atoms with Crippen LogP contribution in [-0.4, -0.2) is 96.7 Å². The van der Waals surface area contributed by atoms with Gasteiger partial charge in [0.1, 0.15) is 19.3 Å². The molecule has 0 aliphatic heterocycles. The van der Waals surface area contributed by atoms with Crippen molar-refractivity contribution in [2.24, 2.45) is 0 Å². The third-order valence-electron chi connectivity index (χ3n) is 16.3. The first-order valence-electron chi connectivity index (χ1n) is 40.1. The SMILES string of the molecule is CC/C=C\C/C=C\C/C=C\C/C=C\C/C=C\C/C=C\CCC(=O)OCC(COP(=O)(O)OCC(O)COP(=O)(O)OCC(COC(=O)CCCCCCC/C=C\C/C=C\CCCCC)OC(=O)CCCCCCCCCCCCC)OC(=O)CCCCCCCC/C=C\C/C=C\C/C=C\C/C=C\CC. The van der Waals surface area contributed by atoms with E-state index in [1.807, 2.05) is 18.2 Å². The van der Waals surface area contributed by atoms with E-state index in [2.05, 4.69) is 155 Å². The Balaban J connectivity index is 5.43. The molecule has 0 aromatic heterocycles. The van der Waals surface area contributed by atoms with Crippen molar-refractivity contribution < 1.29 is 80.2 Å². The van der Waals surface area contributed by atoms with Gasteiger partial charge in [0.05, 0.1) is 26.4 Å². The van der Waals surface area contributed by atoms with Crippen molar-refractivity contribution in [3.63, 3.8) is 0 Å². The summed E-state index contributed by atoms with van der Waals surface area (Å²) in [5.41, 5.74) is 0. The molecular weight excluding hydrogens is 1350 g/mol. The molecule has 594 valence electrons. The fraction of sp³-hybridized carbons (Fsp3) is 0.671. The minimum absolute atomic E-state index is 0.0286. The van der Waals surface area contributed by atoms with Gasteiger partial charge < -0.3 is 33.8 Å². The van der Waals surface area contributed by atoms with E-state index < -0.39 is 97.5 Å². The van der Waals surface area contributed by atoms with Gasteiger partial charge in [-0.15, -0.1) is 0 Å². The Kier molecular flexibility index (Phi) is 72.4. The van der Waals surface area contributed by atoms with E-state index in [-0.39, 0.29) is 25.7 Å². The number of aliphatic hydroxyl groups is 1. The molecule has 0 rings (SSSR count). The van der Waals surface area contributed by atoms with Crippen LogP contribution < -0.4 is 0 Å². The van der Waals surface area contributed by atoms with E-state index in [1.54, 1.807) is 0 Å². The minimum atomic E-state index is -5.00. The Morgan fingerprint density at radius 3 is 0.846 bits per heavy atom. The highest BCUT2D eigenvalue weighted by molar-refractivity contribution is 7.47. The van der Waals surface area contributed by atoms with E-state index in [1.165, 1.54) is 57.8 Å². The van der Waals surface area contributed by atoms with Gasteiger partial charge in [-0.2, -0.15) is 0 Å². The molecule has 0 heterocycles. The van der Waals surface area contributed by atoms with Crippen LogP contribution in [0.2, 0.25) is 0 Å². The molecular formula is C85H142O17P2. The number of carbonyl (C=O) groups is 4. The highest BCUT2D eigenvalue weighted by Gasteiger charge is 2.30. The van der Waals surface area contributed by atoms with Crippen LogP contribution >= 0.6 is 15.6 Å². The van der Waals surface area contributed by atoms with Crippen molar-refractivity contribution >= 4 is 39.5 Å². The summed E-state index contributed by atoms with van der Waals surface area (Å²) in [6.07, 6.45) is 87.0. The highest BCUT2D eigenvalue weighted by Crippen LogP contribution is 2.45. The molecule has 3 N–H and O–H groups in total. The van der Waals surface area contributed by atoms with Crippen LogP contribution in [-0.2, 0) is 65.4 Å². The fourth-order valence-corrected chi connectivity index (χ4v) is 11.8. The first kappa shape index (κ1) is 98.9. The first-order valence-corrected chi connectivity index (χ1v) is 43.1. The second-order valence-electron chi connectivity index (χ2n) is 26.2. The maximum atomic E-state index is 13.1. The van der Waals surface area contributed by atoms with Crippen LogP contribution in [0, 0.1) is 0 Å². The maximum absolute atomic E-state index is 13.1. The second-order valence-corrected chi connectivity index (χ2v) is 29.2. The Morgan fingerprint density at radius 2 is 0.519 bits per heavy atom. The number of phosphoric ester groups is 2. The van der Waals surface area contributed by atoms with Gasteiger partial charge in [-0.05, 0) is 135 Å². The van der Waals surface area contributed by atoms with Gasteiger partial charge >= 0.3 is 39.5 Å². The number of carbonyl (C=O) groups excluding carboxylic acids is 4. The standard InChI is InChI=1S/C85H142O17P2/c1-5-9-13-17-21-25-29-32-35-37-39-41-44-47-51-54-58-62-66-70-83(88)96-76-81(102-85(90)72-68-64-60-56-52-48-45-42-40-38-36-33-30-26-22-18-14-10-6-2)78-100-104(93,94)98-74-79(86)73-97-103(91,92)99-77-80(101-84(89)71-67-63-59-55-49-28-24-20-16-12-8-4)75-95-82(87)69-65-61-57-53-50-46-43-34-31-27-23-19-15-11-7-3/h9-10,13-14,21-23,25-27,32-36,39-43,47,51,58,62,79-81,86H,5-8,11-12,15-20,24,28-31,37-38,44-46,48-50,52-57,59-61,63-78H2,1-4H3,(H,91,92)(H,93,94)/b13-9-,14-10-,25-21-,26-22-,27-23-,35-32-,36-33-,41-39-,42-40-,43-34-,51-47-,62-58-. The topological polar surface area (TPSA) is 237 Å². The number of aliphatic hydroxyl groups excluding tert-OH is 1. The summed E-state index contributed by atoms with van der Waals surface area (Å²) in [4.78, 5) is 73.0. The molecule has 0 saturated carbocycles. The molecule has 0 radical (unpaired) electrons. The van der Waals surface area contributed by atoms with Crippen LogP contribution in [0.1, 0.15) is 310 Å². The van der Waals surface area contributed by atoms with Gasteiger partial charge in [0.25, 0.3) is 0 Å². The number of allylic oxidation sites excluding steroid dienone is 24. The number of ether oxygens (including phenoxy) is 4. The zero-order valence-electron chi connectivity index (χ0n) is 64.9. The van der Waals surface area contributed by atoms with E-state index in [9.17, 15) is 43.2 Å². The predicted octanol–water partition coefficient (Wildman–Crippen LogP) is 23.4. The number of rotatable bonds is 74. The molecule has 17 nitrogen and oxygen atoms in total. The molecule has 5 unspecified atom stereocenters. The van der Waals surface area contributed by atoms with Crippen molar-refractivity contribution in [3.05, 3.63) is 146 Å². The largest absolute Gasteiger partial charge is 0.472 e. The lowest BCUT2D eigenvalue weighted by atomic mass is 10.1. The van der Waals surface area contributed by atoms with Crippen molar-refractivity contribution in [3.8, 4) is 0 Å². The highest BCUT2D eigenvalue weighted by atomic mass is 31.2. The predicted molar refractivity (Wildman–Crippen MR) is 427 cm³/mol. The average Bonchev–Trinajstić information content (AvgIpc) is 0.928. The molecule has 19 heteroatoms. The van der Waals surface area contributed by atoms with Crippen LogP contribution in [0.3, 0.4) is 0 Å². The fourth-order valence-electron chi connectivity index (χ4n) is 10.3. The van der Waals surface area contributed by atoms with Crippen LogP contribution in [0.5, 0.6) is 0 Å². The lowest BCUT2D eigenvalue weighted by Gasteiger charge is -2.21. The second kappa shape index (κ2) is 76.1. The third-order valence-corrected chi connectivity index (χ3v) is 18.2. The molecule has 0 fully saturated rings. The molecule has 0 bridgehead atoms. The molecule has 0 saturated heterocycles. The van der Waals surface area contributed by atoms with E-state index in [0.29, 0.717) is 32.1 Å². The Morgan fingerprint density at radius 1 is 0.279 bits per heavy atom. The van der Waals surface area contributed by atoms with Crippen LogP contribution in [0.25, 0.3) is 0 Å². The zero-order valence-corrected chi connectivity index (χ0v) is 66.7. The molecule has 5 atom stereocenters. The summed E-state index contributed by atoms with van der Waals surface area (Å²) in [5.74, 6) is -2.30. The van der Waals surface area contributed by atoms with Gasteiger partial charge in [-0.3, -0.25) is 37.3 Å². The van der Waals surface area contributed by atoms with E-state index in [4.69, 9.17) is 37.0 Å². The Bertz CT molecular complexity index is 2540. The Hall–Kier alpha value is -5.06. The number of hydrogen-bond acceptors (Lipinski definition) is 15. The van der Waals surface area contributed by atoms with Crippen molar-refractivity contribution in [1.29, 1.82) is 0 Å². The summed E-state index contributed by atoms with van der Waals surface area (Å²) < 4.78 is 68.5. The minimum Gasteiger partial charge on any atom is -0.462 e. The number of unbranched alkanes of at least 4 members (excludes halogenated alkanes) is 24. The molecule has 104 heavy (non-hydrogen) atoms. The lowest BCUT2D eigenvalue weighted by Crippen LogP contribution is -2.30. The smallest absolute Gasteiger partial charge is 0.462 e. The average molecular weight is 1500 g/mol. The molecule has 0 aliphatic rings. The number of phosphoric acid groups is 2. The Labute approximate surface area is 630 Å². The lowest BCUT2D eigenvalue weighted by molar-refractivity contribution is -0.161. The molecule has 0 aliphatic carbocycles. The van der Waals surface area contributed by atoms with Crippen molar-refractivity contribution in [2.75, 3.05) is 39.6 Å². The summed E-state index contributed by atoms with van der Waals surface area (Å²) in [6, 6.07) is 0. The van der Waals surface area contributed by atoms with E-state index in [0.717, 1.165) is 167 Å². The van der Waals surface area contributed by atoms with E-state index >= 15 is 0 Å². The quantitative estimate of drug-likeness (QED) is 0.0169. The van der Waals surface area contributed by atoms with Crippen molar-refractivity contribution in [2.45, 2.75) is 329 Å². The van der Waals surface area contributed by atoms with Gasteiger partial charge in [0.15, 0.2) is 12.2 Å². The zero-order chi connectivity index (χ0) is 76.0. The molecule has 0 amide bonds. The molecule has 0 aromatic rings. The summed E-state index contributed by atoms with van der Waals surface area (Å²) >= 11 is 0. The first-order chi connectivity index (χ1) is 50.7. The maximum Gasteiger partial charge on any atom is 0.472 e. The monoisotopic (exact) mass is 1500 g/mol. The van der Waals surface area contributed by atoms with Gasteiger partial charge in [0, 0.05) is 25.7 Å². The van der Waals surface area contributed by atoms with Crippen molar-refractivity contribution in [1.82, 2.24) is 0 Å². The van der Waals surface area contributed by atoms with Gasteiger partial charge in [0.2, 0.25) is 0 Å². The van der Waals surface area contributed by atoms with Gasteiger partial charge in [-0.1, -0.05) is 296 Å². The summed E-state index contributed by atoms with van der Waals surface area (Å²) in [6.45, 7) is 4.50. The van der Waals surface area contributed by atoms with Crippen LogP contribution in [0.4, 0.5) is 0 Å². The number of hydrogen-bond donors (Lipinski definition) is 3. The van der Waals surface area contributed by atoms with Gasteiger partial charge in [-0.25, -0.2) is 9.13 Å². The van der Waals surface area contributed by atoms with Crippen LogP contribution in [0.15, 0.2) is 146 Å². The summed E-state index contributed by atoms with van der Waals surface area (Å²) in [5, 5.41) is 10.6. The normalized spacial score (nSPS) is 14.6. The molecule has 0 spiro atoms. The number of esters is 4. The third kappa shape index (κ3) is 75.2. The summed E-state index contributed by atoms with van der Waals surface area (Å²) in [7, 11) is -9.99.